The van der Waals surface area contributed by atoms with Crippen LogP contribution in [0.1, 0.15) is 16.1 Å². The molecular weight excluding hydrogens is 275 g/mol. The molecule has 2 rings (SSSR count). The van der Waals surface area contributed by atoms with Crippen molar-refractivity contribution < 1.29 is 13.8 Å². The molecule has 19 heavy (non-hydrogen) atoms. The number of nitrogens with zero attached hydrogens (tertiary/aromatic N) is 3. The minimum absolute atomic E-state index is 0.0172. The zero-order valence-corrected chi connectivity index (χ0v) is 10.7. The second kappa shape index (κ2) is 5.23. The molecule has 1 amide bonds. The van der Waals surface area contributed by atoms with E-state index in [0.717, 1.165) is 0 Å². The van der Waals surface area contributed by atoms with Crippen LogP contribution in [0.2, 0.25) is 5.02 Å². The first-order valence-electron chi connectivity index (χ1n) is 5.27. The van der Waals surface area contributed by atoms with Gasteiger partial charge in [-0.25, -0.2) is 9.02 Å². The average molecular weight is 285 g/mol. The molecule has 1 aromatic heterocycles. The maximum atomic E-state index is 13.6. The van der Waals surface area contributed by atoms with Gasteiger partial charge < -0.3 is 10.6 Å². The van der Waals surface area contributed by atoms with Gasteiger partial charge in [-0.15, -0.1) is 0 Å². The maximum Gasteiger partial charge on any atom is 0.280 e. The molecule has 0 radical (unpaired) electrons. The normalized spacial score (nSPS) is 10.5. The number of carbonyl (C=O) groups excluding carboxylic acids is 1. The summed E-state index contributed by atoms with van der Waals surface area (Å²) in [6.07, 6.45) is 0. The smallest absolute Gasteiger partial charge is 0.280 e. The molecule has 1 aromatic carbocycles. The highest BCUT2D eigenvalue weighted by molar-refractivity contribution is 6.31. The van der Waals surface area contributed by atoms with Gasteiger partial charge in [-0.05, 0) is 22.4 Å². The van der Waals surface area contributed by atoms with Gasteiger partial charge in [0.25, 0.3) is 5.91 Å². The molecule has 0 saturated heterocycles. The van der Waals surface area contributed by atoms with Gasteiger partial charge in [-0.1, -0.05) is 17.7 Å². The Morgan fingerprint density at radius 2 is 2.26 bits per heavy atom. The Bertz CT molecular complexity index is 596. The highest BCUT2D eigenvalue weighted by atomic mass is 35.5. The van der Waals surface area contributed by atoms with Crippen molar-refractivity contribution in [2.75, 3.05) is 12.8 Å². The summed E-state index contributed by atoms with van der Waals surface area (Å²) < 4.78 is 17.9. The first-order valence-corrected chi connectivity index (χ1v) is 5.65. The van der Waals surface area contributed by atoms with Crippen molar-refractivity contribution >= 4 is 23.3 Å². The molecule has 1 heterocycles. The third-order valence-corrected chi connectivity index (χ3v) is 2.87. The van der Waals surface area contributed by atoms with Gasteiger partial charge >= 0.3 is 0 Å². The van der Waals surface area contributed by atoms with Crippen LogP contribution in [0, 0.1) is 5.82 Å². The summed E-state index contributed by atoms with van der Waals surface area (Å²) in [5, 5.41) is 6.94. The van der Waals surface area contributed by atoms with Gasteiger partial charge in [0.2, 0.25) is 11.5 Å². The molecule has 0 aliphatic rings. The van der Waals surface area contributed by atoms with Crippen LogP contribution < -0.4 is 5.73 Å². The van der Waals surface area contributed by atoms with Crippen molar-refractivity contribution in [3.8, 4) is 0 Å². The van der Waals surface area contributed by atoms with Crippen molar-refractivity contribution in [2.24, 2.45) is 0 Å². The fraction of sp³-hybridized carbons (Fsp3) is 0.182. The van der Waals surface area contributed by atoms with Crippen molar-refractivity contribution in [2.45, 2.75) is 6.54 Å². The number of carbonyl (C=O) groups is 1. The number of hydrogen-bond donors (Lipinski definition) is 1. The van der Waals surface area contributed by atoms with Gasteiger partial charge in [0, 0.05) is 17.6 Å². The van der Waals surface area contributed by atoms with Crippen LogP contribution >= 0.6 is 11.6 Å². The van der Waals surface area contributed by atoms with Crippen molar-refractivity contribution in [1.82, 2.24) is 15.2 Å². The molecule has 0 aliphatic carbocycles. The van der Waals surface area contributed by atoms with Crippen LogP contribution in [0.5, 0.6) is 0 Å². The monoisotopic (exact) mass is 284 g/mol. The Morgan fingerprint density at radius 3 is 2.84 bits per heavy atom. The van der Waals surface area contributed by atoms with Crippen molar-refractivity contribution in [3.63, 3.8) is 0 Å². The minimum Gasteiger partial charge on any atom is -0.379 e. The van der Waals surface area contributed by atoms with E-state index < -0.39 is 11.7 Å². The van der Waals surface area contributed by atoms with Crippen molar-refractivity contribution in [1.29, 1.82) is 0 Å². The predicted molar refractivity (Wildman–Crippen MR) is 65.9 cm³/mol. The summed E-state index contributed by atoms with van der Waals surface area (Å²) in [5.41, 5.74) is 5.52. The second-order valence-electron chi connectivity index (χ2n) is 3.86. The molecule has 6 nitrogen and oxygen atoms in total. The Kier molecular flexibility index (Phi) is 3.66. The van der Waals surface area contributed by atoms with E-state index in [1.807, 2.05) is 0 Å². The lowest BCUT2D eigenvalue weighted by molar-refractivity contribution is 0.0773. The quantitative estimate of drug-likeness (QED) is 0.927. The SMILES string of the molecule is CN(Cc1c(F)cccc1Cl)C(=O)c1nonc1N. The van der Waals surface area contributed by atoms with Crippen LogP contribution in [-0.2, 0) is 6.54 Å². The predicted octanol–water partition coefficient (Wildman–Crippen LogP) is 1.72. The molecule has 0 bridgehead atoms. The van der Waals surface area contributed by atoms with Crippen LogP contribution in [0.4, 0.5) is 10.2 Å². The topological polar surface area (TPSA) is 85.2 Å². The standard InChI is InChI=1S/C11H10ClFN4O2/c1-17(11(18)9-10(14)16-19-15-9)5-6-7(12)3-2-4-8(6)13/h2-4H,5H2,1H3,(H2,14,16). The van der Waals surface area contributed by atoms with Gasteiger partial charge in [0.15, 0.2) is 0 Å². The molecule has 0 unspecified atom stereocenters. The van der Waals surface area contributed by atoms with E-state index >= 15 is 0 Å². The van der Waals surface area contributed by atoms with Gasteiger partial charge in [-0.2, -0.15) is 0 Å². The molecular formula is C11H10ClFN4O2. The van der Waals surface area contributed by atoms with Gasteiger partial charge in [0.05, 0.1) is 6.54 Å². The number of hydrogen-bond acceptors (Lipinski definition) is 5. The lowest BCUT2D eigenvalue weighted by Gasteiger charge is -2.17. The number of nitrogen functional groups attached to an aromatic ring is 1. The van der Waals surface area contributed by atoms with Crippen LogP contribution in [0.25, 0.3) is 0 Å². The van der Waals surface area contributed by atoms with Gasteiger partial charge in [-0.3, -0.25) is 4.79 Å². The Labute approximate surface area is 112 Å². The van der Waals surface area contributed by atoms with E-state index in [0.29, 0.717) is 0 Å². The number of aromatic nitrogens is 2. The third kappa shape index (κ3) is 2.65. The average Bonchev–Trinajstić information content (AvgIpc) is 2.79. The van der Waals surface area contributed by atoms with E-state index in [4.69, 9.17) is 17.3 Å². The van der Waals surface area contributed by atoms with E-state index in [-0.39, 0.29) is 28.6 Å². The first-order chi connectivity index (χ1) is 9.00. The zero-order valence-electron chi connectivity index (χ0n) is 9.93. The zero-order chi connectivity index (χ0) is 14.0. The number of amides is 1. The number of anilines is 1. The highest BCUT2D eigenvalue weighted by Crippen LogP contribution is 2.21. The summed E-state index contributed by atoms with van der Waals surface area (Å²) in [6, 6.07) is 4.30. The molecule has 2 N–H and O–H groups in total. The summed E-state index contributed by atoms with van der Waals surface area (Å²) in [5.74, 6) is -1.13. The van der Waals surface area contributed by atoms with E-state index in [9.17, 15) is 9.18 Å². The largest absolute Gasteiger partial charge is 0.379 e. The molecule has 8 heteroatoms. The summed E-state index contributed by atoms with van der Waals surface area (Å²) in [4.78, 5) is 13.2. The molecule has 0 spiro atoms. The van der Waals surface area contributed by atoms with E-state index in [1.165, 1.54) is 24.1 Å². The molecule has 100 valence electrons. The fourth-order valence-electron chi connectivity index (χ4n) is 1.52. The van der Waals surface area contributed by atoms with E-state index in [2.05, 4.69) is 14.9 Å². The Balaban J connectivity index is 2.20. The molecule has 0 atom stereocenters. The van der Waals surface area contributed by atoms with Gasteiger partial charge in [0.1, 0.15) is 5.82 Å². The second-order valence-corrected chi connectivity index (χ2v) is 4.27. The highest BCUT2D eigenvalue weighted by Gasteiger charge is 2.21. The molecule has 0 aliphatic heterocycles. The summed E-state index contributed by atoms with van der Waals surface area (Å²) in [7, 11) is 1.47. The fourth-order valence-corrected chi connectivity index (χ4v) is 1.74. The Morgan fingerprint density at radius 1 is 1.53 bits per heavy atom. The number of nitrogens with two attached hydrogens (primary N) is 1. The van der Waals surface area contributed by atoms with E-state index in [1.54, 1.807) is 6.07 Å². The minimum atomic E-state index is -0.530. The van der Waals surface area contributed by atoms with Crippen molar-refractivity contribution in [3.05, 3.63) is 40.3 Å². The summed E-state index contributed by atoms with van der Waals surface area (Å²) >= 11 is 5.89. The van der Waals surface area contributed by atoms with Crippen LogP contribution in [0.15, 0.2) is 22.8 Å². The summed E-state index contributed by atoms with van der Waals surface area (Å²) in [6.45, 7) is -0.0172. The number of benzene rings is 1. The molecule has 2 aromatic rings. The van der Waals surface area contributed by atoms with Crippen LogP contribution in [0.3, 0.4) is 0 Å². The number of halogens is 2. The maximum absolute atomic E-state index is 13.6. The molecule has 0 fully saturated rings. The first kappa shape index (κ1) is 13.3. The number of rotatable bonds is 3. The molecule has 0 saturated carbocycles. The van der Waals surface area contributed by atoms with Crippen LogP contribution in [-0.4, -0.2) is 28.2 Å². The lowest BCUT2D eigenvalue weighted by Crippen LogP contribution is -2.27. The lowest BCUT2D eigenvalue weighted by atomic mass is 10.2. The third-order valence-electron chi connectivity index (χ3n) is 2.52. The Hall–Kier alpha value is -2.15.